The zero-order valence-electron chi connectivity index (χ0n) is 9.70. The van der Waals surface area contributed by atoms with Crippen LogP contribution in [0.3, 0.4) is 0 Å². The Morgan fingerprint density at radius 3 is 2.81 bits per heavy atom. The van der Waals surface area contributed by atoms with Gasteiger partial charge in [0.2, 0.25) is 0 Å². The summed E-state index contributed by atoms with van der Waals surface area (Å²) in [5, 5.41) is 13.1. The Bertz CT molecular complexity index is 333. The smallest absolute Gasteiger partial charge is 0.134 e. The molecule has 1 rings (SSSR count). The minimum atomic E-state index is -0.344. The summed E-state index contributed by atoms with van der Waals surface area (Å²) in [6, 6.07) is 1.67. The number of rotatable bonds is 6. The van der Waals surface area contributed by atoms with Gasteiger partial charge in [-0.15, -0.1) is 0 Å². The number of hydrogen-bond donors (Lipinski definition) is 2. The van der Waals surface area contributed by atoms with Crippen molar-refractivity contribution in [2.24, 2.45) is 0 Å². The predicted octanol–water partition coefficient (Wildman–Crippen LogP) is 2.27. The van der Waals surface area contributed by atoms with Gasteiger partial charge in [-0.1, -0.05) is 31.9 Å². The van der Waals surface area contributed by atoms with Gasteiger partial charge in [0.15, 0.2) is 0 Å². The van der Waals surface area contributed by atoms with E-state index in [2.05, 4.69) is 15.3 Å². The maximum absolute atomic E-state index is 9.57. The lowest BCUT2D eigenvalue weighted by molar-refractivity contribution is 0.176. The third-order valence-corrected chi connectivity index (χ3v) is 2.39. The fraction of sp³-hybridized carbons (Fsp3) is 0.636. The number of halogens is 1. The van der Waals surface area contributed by atoms with E-state index in [1.807, 2.05) is 13.8 Å². The minimum absolute atomic E-state index is 0.344. The van der Waals surface area contributed by atoms with Crippen molar-refractivity contribution in [3.05, 3.63) is 17.0 Å². The first-order valence-corrected chi connectivity index (χ1v) is 5.98. The summed E-state index contributed by atoms with van der Waals surface area (Å²) < 4.78 is 0. The maximum atomic E-state index is 9.57. The molecular weight excluding hydrogens is 226 g/mol. The highest BCUT2D eigenvalue weighted by molar-refractivity contribution is 6.29. The summed E-state index contributed by atoms with van der Waals surface area (Å²) in [7, 11) is 0. The lowest BCUT2D eigenvalue weighted by Crippen LogP contribution is -2.19. The van der Waals surface area contributed by atoms with E-state index in [0.29, 0.717) is 23.3 Å². The van der Waals surface area contributed by atoms with Gasteiger partial charge < -0.3 is 10.4 Å². The van der Waals surface area contributed by atoms with Crippen LogP contribution >= 0.6 is 11.6 Å². The zero-order valence-corrected chi connectivity index (χ0v) is 10.5. The SMILES string of the molecule is CCCC(O)CNc1cc(Cl)nc(CC)n1. The minimum Gasteiger partial charge on any atom is -0.391 e. The second-order valence-electron chi connectivity index (χ2n) is 3.67. The van der Waals surface area contributed by atoms with Gasteiger partial charge in [-0.05, 0) is 6.42 Å². The molecule has 0 aliphatic rings. The van der Waals surface area contributed by atoms with Crippen molar-refractivity contribution in [2.45, 2.75) is 39.2 Å². The van der Waals surface area contributed by atoms with Crippen molar-refractivity contribution >= 4 is 17.4 Å². The first-order valence-electron chi connectivity index (χ1n) is 5.61. The molecule has 0 aliphatic carbocycles. The molecule has 90 valence electrons. The lowest BCUT2D eigenvalue weighted by atomic mass is 10.2. The Hall–Kier alpha value is -0.870. The molecule has 1 heterocycles. The highest BCUT2D eigenvalue weighted by atomic mass is 35.5. The molecule has 0 fully saturated rings. The Kier molecular flexibility index (Phi) is 5.49. The Balaban J connectivity index is 2.56. The van der Waals surface area contributed by atoms with Crippen LogP contribution in [0.5, 0.6) is 0 Å². The number of nitrogens with one attached hydrogen (secondary N) is 1. The number of aryl methyl sites for hydroxylation is 1. The normalized spacial score (nSPS) is 12.5. The zero-order chi connectivity index (χ0) is 12.0. The van der Waals surface area contributed by atoms with Crippen LogP contribution in [-0.2, 0) is 6.42 Å². The van der Waals surface area contributed by atoms with Crippen LogP contribution in [0, 0.1) is 0 Å². The fourth-order valence-corrected chi connectivity index (χ4v) is 1.57. The molecule has 0 radical (unpaired) electrons. The molecule has 0 saturated carbocycles. The molecule has 1 aromatic heterocycles. The molecule has 0 aliphatic heterocycles. The van der Waals surface area contributed by atoms with E-state index >= 15 is 0 Å². The van der Waals surface area contributed by atoms with Gasteiger partial charge in [0.05, 0.1) is 6.10 Å². The molecule has 5 heteroatoms. The number of aliphatic hydroxyl groups is 1. The third kappa shape index (κ3) is 4.33. The van der Waals surface area contributed by atoms with Crippen molar-refractivity contribution in [1.29, 1.82) is 0 Å². The van der Waals surface area contributed by atoms with E-state index in [9.17, 15) is 5.11 Å². The van der Waals surface area contributed by atoms with Gasteiger partial charge in [0.1, 0.15) is 16.8 Å². The molecule has 0 aromatic carbocycles. The molecule has 4 nitrogen and oxygen atoms in total. The Morgan fingerprint density at radius 1 is 1.44 bits per heavy atom. The molecule has 0 amide bonds. The molecule has 1 aromatic rings. The van der Waals surface area contributed by atoms with Crippen molar-refractivity contribution in [3.63, 3.8) is 0 Å². The van der Waals surface area contributed by atoms with Gasteiger partial charge in [-0.2, -0.15) is 0 Å². The Labute approximate surface area is 101 Å². The predicted molar refractivity (Wildman–Crippen MR) is 65.8 cm³/mol. The van der Waals surface area contributed by atoms with Crippen molar-refractivity contribution in [3.8, 4) is 0 Å². The average molecular weight is 244 g/mol. The molecule has 2 N–H and O–H groups in total. The van der Waals surface area contributed by atoms with Crippen molar-refractivity contribution in [2.75, 3.05) is 11.9 Å². The summed E-state index contributed by atoms with van der Waals surface area (Å²) in [5.74, 6) is 1.38. The first-order chi connectivity index (χ1) is 7.65. The number of hydrogen-bond acceptors (Lipinski definition) is 4. The van der Waals surface area contributed by atoms with E-state index in [4.69, 9.17) is 11.6 Å². The van der Waals surface area contributed by atoms with E-state index < -0.39 is 0 Å². The monoisotopic (exact) mass is 243 g/mol. The molecule has 0 saturated heterocycles. The number of anilines is 1. The van der Waals surface area contributed by atoms with E-state index in [-0.39, 0.29) is 6.10 Å². The number of nitrogens with zero attached hydrogens (tertiary/aromatic N) is 2. The summed E-state index contributed by atoms with van der Waals surface area (Å²) in [4.78, 5) is 8.33. The molecular formula is C11H18ClN3O. The average Bonchev–Trinajstić information content (AvgIpc) is 2.26. The largest absolute Gasteiger partial charge is 0.391 e. The summed E-state index contributed by atoms with van der Waals surface area (Å²) >= 11 is 5.85. The van der Waals surface area contributed by atoms with Crippen LogP contribution in [-0.4, -0.2) is 27.7 Å². The standard InChI is InChI=1S/C11H18ClN3O/c1-3-5-8(16)7-13-11-6-9(12)14-10(4-2)15-11/h6,8,16H,3-5,7H2,1-2H3,(H,13,14,15). The number of aliphatic hydroxyl groups excluding tert-OH is 1. The van der Waals surface area contributed by atoms with Crippen molar-refractivity contribution < 1.29 is 5.11 Å². The lowest BCUT2D eigenvalue weighted by Gasteiger charge is -2.11. The van der Waals surface area contributed by atoms with Gasteiger partial charge >= 0.3 is 0 Å². The van der Waals surface area contributed by atoms with E-state index in [1.54, 1.807) is 6.07 Å². The summed E-state index contributed by atoms with van der Waals surface area (Å²) in [5.41, 5.74) is 0. The maximum Gasteiger partial charge on any atom is 0.134 e. The van der Waals surface area contributed by atoms with E-state index in [0.717, 1.165) is 19.3 Å². The molecule has 1 unspecified atom stereocenters. The fourth-order valence-electron chi connectivity index (χ4n) is 1.37. The van der Waals surface area contributed by atoms with Gasteiger partial charge in [-0.3, -0.25) is 0 Å². The van der Waals surface area contributed by atoms with Gasteiger partial charge in [-0.25, -0.2) is 9.97 Å². The van der Waals surface area contributed by atoms with Crippen LogP contribution in [0.2, 0.25) is 5.15 Å². The van der Waals surface area contributed by atoms with Gasteiger partial charge in [0, 0.05) is 19.0 Å². The van der Waals surface area contributed by atoms with Gasteiger partial charge in [0.25, 0.3) is 0 Å². The highest BCUT2D eigenvalue weighted by Gasteiger charge is 2.05. The summed E-state index contributed by atoms with van der Waals surface area (Å²) in [6.07, 6.45) is 2.15. The second-order valence-corrected chi connectivity index (χ2v) is 4.06. The van der Waals surface area contributed by atoms with E-state index in [1.165, 1.54) is 0 Å². The van der Waals surface area contributed by atoms with Crippen LogP contribution in [0.4, 0.5) is 5.82 Å². The second kappa shape index (κ2) is 6.66. The molecule has 0 spiro atoms. The van der Waals surface area contributed by atoms with Crippen LogP contribution in [0.25, 0.3) is 0 Å². The molecule has 1 atom stereocenters. The molecule has 16 heavy (non-hydrogen) atoms. The highest BCUT2D eigenvalue weighted by Crippen LogP contribution is 2.12. The first kappa shape index (κ1) is 13.2. The topological polar surface area (TPSA) is 58.0 Å². The number of aromatic nitrogens is 2. The van der Waals surface area contributed by atoms with Crippen LogP contribution in [0.1, 0.15) is 32.5 Å². The molecule has 0 bridgehead atoms. The quantitative estimate of drug-likeness (QED) is 0.753. The third-order valence-electron chi connectivity index (χ3n) is 2.20. The summed E-state index contributed by atoms with van der Waals surface area (Å²) in [6.45, 7) is 4.51. The Morgan fingerprint density at radius 2 is 2.19 bits per heavy atom. The van der Waals surface area contributed by atoms with Crippen LogP contribution < -0.4 is 5.32 Å². The van der Waals surface area contributed by atoms with Crippen LogP contribution in [0.15, 0.2) is 6.07 Å². The van der Waals surface area contributed by atoms with Crippen molar-refractivity contribution in [1.82, 2.24) is 9.97 Å².